The van der Waals surface area contributed by atoms with Crippen LogP contribution in [0.25, 0.3) is 11.2 Å². The van der Waals surface area contributed by atoms with Gasteiger partial charge in [-0.3, -0.25) is 9.59 Å². The van der Waals surface area contributed by atoms with E-state index in [2.05, 4.69) is 32.2 Å². The monoisotopic (exact) mass is 356 g/mol. The molecule has 3 rings (SSSR count). The van der Waals surface area contributed by atoms with Crippen LogP contribution in [0.1, 0.15) is 37.0 Å². The van der Waals surface area contributed by atoms with E-state index < -0.39 is 0 Å². The van der Waals surface area contributed by atoms with Crippen molar-refractivity contribution in [1.82, 2.24) is 25.2 Å². The molecule has 0 spiro atoms. The van der Waals surface area contributed by atoms with Crippen molar-refractivity contribution in [3.05, 3.63) is 30.6 Å². The smallest absolute Gasteiger partial charge is 0.255 e. The fourth-order valence-corrected chi connectivity index (χ4v) is 3.25. The number of rotatable bonds is 5. The molecule has 8 nitrogen and oxygen atoms in total. The maximum Gasteiger partial charge on any atom is 0.255 e. The molecule has 2 aromatic rings. The van der Waals surface area contributed by atoms with E-state index in [1.807, 2.05) is 18.7 Å². The van der Waals surface area contributed by atoms with Gasteiger partial charge in [0, 0.05) is 31.4 Å². The summed E-state index contributed by atoms with van der Waals surface area (Å²) in [6, 6.07) is 0.273. The number of likely N-dealkylation sites (tertiary alicyclic amines) is 1. The van der Waals surface area contributed by atoms with Crippen LogP contribution in [-0.4, -0.2) is 56.8 Å². The molecule has 2 amide bonds. The first kappa shape index (κ1) is 17.9. The van der Waals surface area contributed by atoms with Crippen LogP contribution in [0.5, 0.6) is 0 Å². The molecule has 0 bridgehead atoms. The number of anilines is 1. The summed E-state index contributed by atoms with van der Waals surface area (Å²) in [5, 5.41) is 6.11. The molecule has 0 saturated carbocycles. The highest BCUT2D eigenvalue weighted by Crippen LogP contribution is 2.22. The number of amides is 2. The summed E-state index contributed by atoms with van der Waals surface area (Å²) in [6.07, 6.45) is 6.44. The Labute approximate surface area is 152 Å². The molecule has 0 radical (unpaired) electrons. The number of fused-ring (bicyclic) bond motifs is 1. The number of carbonyl (C=O) groups is 2. The zero-order chi connectivity index (χ0) is 18.7. The van der Waals surface area contributed by atoms with Crippen molar-refractivity contribution in [3.8, 4) is 0 Å². The zero-order valence-corrected chi connectivity index (χ0v) is 15.1. The van der Waals surface area contributed by atoms with Crippen molar-refractivity contribution < 1.29 is 9.59 Å². The number of nitrogens with zero attached hydrogens (tertiary/aromatic N) is 3. The van der Waals surface area contributed by atoms with Gasteiger partial charge >= 0.3 is 0 Å². The number of hydrogen-bond acceptors (Lipinski definition) is 5. The lowest BCUT2D eigenvalue weighted by atomic mass is 9.99. The quantitative estimate of drug-likeness (QED) is 0.708. The van der Waals surface area contributed by atoms with Gasteiger partial charge in [-0.1, -0.05) is 6.58 Å². The second-order valence-corrected chi connectivity index (χ2v) is 6.48. The number of nitrogens with one attached hydrogen (secondary N) is 3. The predicted molar refractivity (Wildman–Crippen MR) is 99.9 cm³/mol. The van der Waals surface area contributed by atoms with Crippen molar-refractivity contribution in [2.45, 2.75) is 38.8 Å². The van der Waals surface area contributed by atoms with E-state index in [-0.39, 0.29) is 23.9 Å². The Hall–Kier alpha value is -2.90. The van der Waals surface area contributed by atoms with Gasteiger partial charge in [0.05, 0.1) is 11.8 Å². The van der Waals surface area contributed by atoms with E-state index in [1.165, 1.54) is 6.08 Å². The summed E-state index contributed by atoms with van der Waals surface area (Å²) in [7, 11) is 0. The minimum absolute atomic E-state index is 0.0605. The van der Waals surface area contributed by atoms with Crippen LogP contribution in [-0.2, 0) is 4.79 Å². The van der Waals surface area contributed by atoms with Gasteiger partial charge in [-0.15, -0.1) is 0 Å². The third kappa shape index (κ3) is 3.54. The van der Waals surface area contributed by atoms with E-state index in [9.17, 15) is 9.59 Å². The molecule has 2 aromatic heterocycles. The average Bonchev–Trinajstić information content (AvgIpc) is 3.06. The molecule has 1 aliphatic rings. The molecule has 1 saturated heterocycles. The van der Waals surface area contributed by atoms with Crippen molar-refractivity contribution in [2.75, 3.05) is 18.4 Å². The maximum atomic E-state index is 12.1. The van der Waals surface area contributed by atoms with Gasteiger partial charge in [0.1, 0.15) is 11.3 Å². The SMILES string of the molecule is C=CC(=O)N1C[C@H](Nc2cnc3[nH]cc(C(=O)NCC)c3n2)CC[C@@H]1C. The molecule has 8 heteroatoms. The van der Waals surface area contributed by atoms with Gasteiger partial charge in [0.25, 0.3) is 5.91 Å². The minimum Gasteiger partial charge on any atom is -0.364 e. The Morgan fingerprint density at radius 3 is 3.00 bits per heavy atom. The van der Waals surface area contributed by atoms with Gasteiger partial charge in [-0.2, -0.15) is 0 Å². The largest absolute Gasteiger partial charge is 0.364 e. The Balaban J connectivity index is 1.78. The van der Waals surface area contributed by atoms with Gasteiger partial charge in [0.15, 0.2) is 5.65 Å². The zero-order valence-electron chi connectivity index (χ0n) is 15.1. The lowest BCUT2D eigenvalue weighted by Gasteiger charge is -2.37. The lowest BCUT2D eigenvalue weighted by Crippen LogP contribution is -2.49. The highest BCUT2D eigenvalue weighted by molar-refractivity contribution is 6.04. The Kier molecular flexibility index (Phi) is 5.20. The van der Waals surface area contributed by atoms with Crippen molar-refractivity contribution >= 4 is 28.8 Å². The van der Waals surface area contributed by atoms with Crippen LogP contribution in [0, 0.1) is 0 Å². The van der Waals surface area contributed by atoms with Crippen molar-refractivity contribution in [2.24, 2.45) is 0 Å². The minimum atomic E-state index is -0.181. The molecular formula is C18H24N6O2. The van der Waals surface area contributed by atoms with E-state index in [0.29, 0.717) is 35.6 Å². The fraction of sp³-hybridized carbons (Fsp3) is 0.444. The molecule has 138 valence electrons. The molecule has 3 N–H and O–H groups in total. The molecule has 0 unspecified atom stereocenters. The number of H-pyrrole nitrogens is 1. The van der Waals surface area contributed by atoms with Gasteiger partial charge < -0.3 is 20.5 Å². The third-order valence-corrected chi connectivity index (χ3v) is 4.65. The summed E-state index contributed by atoms with van der Waals surface area (Å²) < 4.78 is 0. The van der Waals surface area contributed by atoms with Crippen molar-refractivity contribution in [1.29, 1.82) is 0 Å². The number of aromatic nitrogens is 3. The van der Waals surface area contributed by atoms with Crippen LogP contribution in [0.4, 0.5) is 5.82 Å². The maximum absolute atomic E-state index is 12.1. The summed E-state index contributed by atoms with van der Waals surface area (Å²) in [6.45, 7) is 8.62. The summed E-state index contributed by atoms with van der Waals surface area (Å²) in [4.78, 5) is 37.8. The summed E-state index contributed by atoms with van der Waals surface area (Å²) in [5.41, 5.74) is 1.57. The number of hydrogen-bond donors (Lipinski definition) is 3. The van der Waals surface area contributed by atoms with Gasteiger partial charge in [-0.25, -0.2) is 9.97 Å². The first-order valence-corrected chi connectivity index (χ1v) is 8.85. The second kappa shape index (κ2) is 7.55. The number of aromatic amines is 1. The molecule has 3 heterocycles. The molecule has 1 fully saturated rings. The van der Waals surface area contributed by atoms with Crippen LogP contribution in [0.15, 0.2) is 25.0 Å². The molecular weight excluding hydrogens is 332 g/mol. The van der Waals surface area contributed by atoms with Crippen LogP contribution < -0.4 is 10.6 Å². The number of carbonyl (C=O) groups excluding carboxylic acids is 2. The van der Waals surface area contributed by atoms with Crippen LogP contribution in [0.3, 0.4) is 0 Å². The van der Waals surface area contributed by atoms with E-state index in [1.54, 1.807) is 12.4 Å². The molecule has 0 aromatic carbocycles. The molecule has 1 aliphatic heterocycles. The number of piperidine rings is 1. The normalized spacial score (nSPS) is 20.0. The fourth-order valence-electron chi connectivity index (χ4n) is 3.25. The first-order valence-electron chi connectivity index (χ1n) is 8.85. The first-order chi connectivity index (χ1) is 12.5. The Morgan fingerprint density at radius 2 is 2.27 bits per heavy atom. The topological polar surface area (TPSA) is 103 Å². The molecule has 26 heavy (non-hydrogen) atoms. The van der Waals surface area contributed by atoms with Gasteiger partial charge in [0.2, 0.25) is 5.91 Å². The van der Waals surface area contributed by atoms with Crippen LogP contribution in [0.2, 0.25) is 0 Å². The van der Waals surface area contributed by atoms with Crippen molar-refractivity contribution in [3.63, 3.8) is 0 Å². The Morgan fingerprint density at radius 1 is 1.46 bits per heavy atom. The highest BCUT2D eigenvalue weighted by Gasteiger charge is 2.28. The van der Waals surface area contributed by atoms with Gasteiger partial charge in [-0.05, 0) is 32.8 Å². The summed E-state index contributed by atoms with van der Waals surface area (Å²) in [5.74, 6) is 0.349. The molecule has 2 atom stereocenters. The molecule has 0 aliphatic carbocycles. The third-order valence-electron chi connectivity index (χ3n) is 4.65. The predicted octanol–water partition coefficient (Wildman–Crippen LogP) is 1.68. The average molecular weight is 356 g/mol. The standard InChI is InChI=1S/C18H24N6O2/c1-4-15(25)24-10-12(7-6-11(24)3)22-14-9-21-17-16(23-14)13(8-20-17)18(26)19-5-2/h4,8-9,11-12H,1,5-7,10H2,2-3H3,(H,19,26)(H,20,21)(H,22,23)/t11-,12+/m0/s1. The Bertz CT molecular complexity index is 830. The van der Waals surface area contributed by atoms with E-state index in [4.69, 9.17) is 0 Å². The second-order valence-electron chi connectivity index (χ2n) is 6.48. The van der Waals surface area contributed by atoms with Crippen LogP contribution >= 0.6 is 0 Å². The highest BCUT2D eigenvalue weighted by atomic mass is 16.2. The van der Waals surface area contributed by atoms with E-state index in [0.717, 1.165) is 12.8 Å². The lowest BCUT2D eigenvalue weighted by molar-refractivity contribution is -0.129. The van der Waals surface area contributed by atoms with E-state index >= 15 is 0 Å². The summed E-state index contributed by atoms with van der Waals surface area (Å²) >= 11 is 0.